The number of aliphatic carboxylic acids is 1. The molecule has 0 aliphatic rings. The van der Waals surface area contributed by atoms with Gasteiger partial charge in [0.2, 0.25) is 5.91 Å². The van der Waals surface area contributed by atoms with Crippen molar-refractivity contribution in [3.8, 4) is 0 Å². The van der Waals surface area contributed by atoms with Crippen LogP contribution in [0.5, 0.6) is 0 Å². The highest BCUT2D eigenvalue weighted by Crippen LogP contribution is 2.15. The van der Waals surface area contributed by atoms with Crippen LogP contribution in [0.4, 0.5) is 5.69 Å². The number of carbonyl (C=O) groups is 2. The van der Waals surface area contributed by atoms with Crippen molar-refractivity contribution in [1.29, 1.82) is 0 Å². The zero-order valence-electron chi connectivity index (χ0n) is 10.9. The van der Waals surface area contributed by atoms with Gasteiger partial charge in [0, 0.05) is 19.2 Å². The van der Waals surface area contributed by atoms with E-state index in [0.29, 0.717) is 11.3 Å². The lowest BCUT2D eigenvalue weighted by atomic mass is 10.1. The lowest BCUT2D eigenvalue weighted by Gasteiger charge is -2.15. The Bertz CT molecular complexity index is 444. The molecule has 6 nitrogen and oxygen atoms in total. The number of carboxylic acids is 1. The fraction of sp³-hybridized carbons (Fsp3) is 0.385. The van der Waals surface area contributed by atoms with Gasteiger partial charge in [-0.25, -0.2) is 0 Å². The molecule has 0 fully saturated rings. The third kappa shape index (κ3) is 5.07. The first kappa shape index (κ1) is 15.1. The van der Waals surface area contributed by atoms with Crippen LogP contribution in [0.25, 0.3) is 0 Å². The molecule has 0 aliphatic heterocycles. The van der Waals surface area contributed by atoms with Gasteiger partial charge in [0.1, 0.15) is 6.04 Å². The summed E-state index contributed by atoms with van der Waals surface area (Å²) in [6.45, 7) is 3.07. The molecule has 1 amide bonds. The molecule has 1 aromatic rings. The maximum Gasteiger partial charge on any atom is 0.320 e. The maximum atomic E-state index is 10.8. The average molecular weight is 266 g/mol. The van der Waals surface area contributed by atoms with Crippen LogP contribution in [0, 0.1) is 0 Å². The Hall–Kier alpha value is -1.92. The van der Waals surface area contributed by atoms with Crippen LogP contribution in [0.3, 0.4) is 0 Å². The maximum absolute atomic E-state index is 10.8. The molecule has 0 radical (unpaired) electrons. The van der Waals surface area contributed by atoms with E-state index < -0.39 is 18.1 Å². The highest BCUT2D eigenvalue weighted by atomic mass is 16.4. The minimum Gasteiger partial charge on any atom is -0.480 e. The van der Waals surface area contributed by atoms with Crippen LogP contribution in [-0.4, -0.2) is 34.7 Å². The SMILES string of the molecule is CC(=O)Nc1ccc(C(O)CNC(C)C(=O)O)cc1. The number of aliphatic hydroxyl groups is 1. The summed E-state index contributed by atoms with van der Waals surface area (Å²) in [4.78, 5) is 21.5. The number of anilines is 1. The Morgan fingerprint density at radius 2 is 1.84 bits per heavy atom. The molecule has 0 aliphatic carbocycles. The van der Waals surface area contributed by atoms with E-state index in [2.05, 4.69) is 10.6 Å². The topological polar surface area (TPSA) is 98.7 Å². The standard InChI is InChI=1S/C13H18N2O4/c1-8(13(18)19)14-7-12(17)10-3-5-11(6-4-10)15-9(2)16/h3-6,8,12,14,17H,7H2,1-2H3,(H,15,16)(H,18,19). The molecule has 19 heavy (non-hydrogen) atoms. The van der Waals surface area contributed by atoms with Crippen LogP contribution in [0.2, 0.25) is 0 Å². The largest absolute Gasteiger partial charge is 0.480 e. The summed E-state index contributed by atoms with van der Waals surface area (Å²) in [5.74, 6) is -1.13. The van der Waals surface area contributed by atoms with E-state index in [1.54, 1.807) is 24.3 Å². The van der Waals surface area contributed by atoms with Gasteiger partial charge in [0.05, 0.1) is 6.10 Å². The number of hydrogen-bond acceptors (Lipinski definition) is 4. The molecule has 1 rings (SSSR count). The second-order valence-corrected chi connectivity index (χ2v) is 4.29. The summed E-state index contributed by atoms with van der Waals surface area (Å²) in [6, 6.07) is 6.01. The zero-order chi connectivity index (χ0) is 14.4. The first-order chi connectivity index (χ1) is 8.90. The van der Waals surface area contributed by atoms with Crippen molar-refractivity contribution in [2.75, 3.05) is 11.9 Å². The molecule has 0 heterocycles. The van der Waals surface area contributed by atoms with Gasteiger partial charge in [0.15, 0.2) is 0 Å². The number of amides is 1. The van der Waals surface area contributed by atoms with Gasteiger partial charge in [-0.05, 0) is 24.6 Å². The summed E-state index contributed by atoms with van der Waals surface area (Å²) in [7, 11) is 0. The second kappa shape index (κ2) is 6.86. The van der Waals surface area contributed by atoms with Crippen LogP contribution in [0.1, 0.15) is 25.5 Å². The number of benzene rings is 1. The van der Waals surface area contributed by atoms with Crippen LogP contribution in [-0.2, 0) is 9.59 Å². The Kier molecular flexibility index (Phi) is 5.47. The molecule has 6 heteroatoms. The van der Waals surface area contributed by atoms with E-state index in [1.165, 1.54) is 13.8 Å². The smallest absolute Gasteiger partial charge is 0.320 e. The summed E-state index contributed by atoms with van der Waals surface area (Å²) < 4.78 is 0. The van der Waals surface area contributed by atoms with Crippen molar-refractivity contribution in [3.05, 3.63) is 29.8 Å². The molecule has 0 bridgehead atoms. The van der Waals surface area contributed by atoms with Gasteiger partial charge < -0.3 is 20.8 Å². The summed E-state index contributed by atoms with van der Waals surface area (Å²) in [5, 5.41) is 23.9. The molecule has 2 unspecified atom stereocenters. The molecule has 0 aromatic heterocycles. The van der Waals surface area contributed by atoms with Gasteiger partial charge in [-0.1, -0.05) is 12.1 Å². The average Bonchev–Trinajstić information content (AvgIpc) is 2.35. The van der Waals surface area contributed by atoms with Crippen molar-refractivity contribution in [2.45, 2.75) is 26.0 Å². The third-order valence-electron chi connectivity index (χ3n) is 2.60. The van der Waals surface area contributed by atoms with E-state index in [9.17, 15) is 14.7 Å². The van der Waals surface area contributed by atoms with Crippen LogP contribution >= 0.6 is 0 Å². The fourth-order valence-electron chi connectivity index (χ4n) is 1.49. The Morgan fingerprint density at radius 3 is 2.32 bits per heavy atom. The number of aliphatic hydroxyl groups excluding tert-OH is 1. The molecule has 104 valence electrons. The number of rotatable bonds is 6. The number of carbonyl (C=O) groups excluding carboxylic acids is 1. The molecular weight excluding hydrogens is 248 g/mol. The lowest BCUT2D eigenvalue weighted by Crippen LogP contribution is -2.36. The summed E-state index contributed by atoms with van der Waals surface area (Å²) >= 11 is 0. The van der Waals surface area contributed by atoms with E-state index >= 15 is 0 Å². The predicted octanol–water partition coefficient (Wildman–Crippen LogP) is 0.741. The molecular formula is C13H18N2O4. The molecule has 0 saturated carbocycles. The molecule has 4 N–H and O–H groups in total. The van der Waals surface area contributed by atoms with Crippen molar-refractivity contribution >= 4 is 17.6 Å². The fourth-order valence-corrected chi connectivity index (χ4v) is 1.49. The lowest BCUT2D eigenvalue weighted by molar-refractivity contribution is -0.139. The van der Waals surface area contributed by atoms with Crippen LogP contribution in [0.15, 0.2) is 24.3 Å². The second-order valence-electron chi connectivity index (χ2n) is 4.29. The highest BCUT2D eigenvalue weighted by molar-refractivity contribution is 5.88. The third-order valence-corrected chi connectivity index (χ3v) is 2.60. The van der Waals surface area contributed by atoms with Crippen molar-refractivity contribution < 1.29 is 19.8 Å². The predicted molar refractivity (Wildman–Crippen MR) is 70.8 cm³/mol. The van der Waals surface area contributed by atoms with Crippen molar-refractivity contribution in [3.63, 3.8) is 0 Å². The number of hydrogen-bond donors (Lipinski definition) is 4. The van der Waals surface area contributed by atoms with Crippen LogP contribution < -0.4 is 10.6 Å². The summed E-state index contributed by atoms with van der Waals surface area (Å²) in [5.41, 5.74) is 1.30. The van der Waals surface area contributed by atoms with Crippen molar-refractivity contribution in [2.24, 2.45) is 0 Å². The van der Waals surface area contributed by atoms with Gasteiger partial charge in [-0.15, -0.1) is 0 Å². The van der Waals surface area contributed by atoms with E-state index in [4.69, 9.17) is 5.11 Å². The van der Waals surface area contributed by atoms with Gasteiger partial charge in [0.25, 0.3) is 0 Å². The Labute approximate surface area is 111 Å². The number of carboxylic acid groups (broad SMARTS) is 1. The van der Waals surface area contributed by atoms with Gasteiger partial charge in [-0.2, -0.15) is 0 Å². The van der Waals surface area contributed by atoms with E-state index in [0.717, 1.165) is 0 Å². The van der Waals surface area contributed by atoms with Gasteiger partial charge >= 0.3 is 5.97 Å². The van der Waals surface area contributed by atoms with Gasteiger partial charge in [-0.3, -0.25) is 9.59 Å². The molecule has 1 aromatic carbocycles. The first-order valence-corrected chi connectivity index (χ1v) is 5.92. The molecule has 0 saturated heterocycles. The normalized spacial score (nSPS) is 13.6. The molecule has 0 spiro atoms. The zero-order valence-corrected chi connectivity index (χ0v) is 10.9. The van der Waals surface area contributed by atoms with E-state index in [1.807, 2.05) is 0 Å². The Morgan fingerprint density at radius 1 is 1.26 bits per heavy atom. The number of nitrogens with one attached hydrogen (secondary N) is 2. The highest BCUT2D eigenvalue weighted by Gasteiger charge is 2.13. The quantitative estimate of drug-likeness (QED) is 0.608. The minimum absolute atomic E-state index is 0.146. The summed E-state index contributed by atoms with van der Waals surface area (Å²) in [6.07, 6.45) is -0.798. The Balaban J connectivity index is 2.55. The monoisotopic (exact) mass is 266 g/mol. The van der Waals surface area contributed by atoms with E-state index in [-0.39, 0.29) is 12.5 Å². The minimum atomic E-state index is -0.965. The molecule has 2 atom stereocenters. The van der Waals surface area contributed by atoms with Crippen molar-refractivity contribution in [1.82, 2.24) is 5.32 Å². The first-order valence-electron chi connectivity index (χ1n) is 5.92.